The summed E-state index contributed by atoms with van der Waals surface area (Å²) < 4.78 is 32.2. The molecule has 0 aliphatic carbocycles. The molecule has 0 bridgehead atoms. The van der Waals surface area contributed by atoms with Crippen molar-refractivity contribution in [3.8, 4) is 22.8 Å². The van der Waals surface area contributed by atoms with Gasteiger partial charge in [0.15, 0.2) is 0 Å². The van der Waals surface area contributed by atoms with Crippen molar-refractivity contribution >= 4 is 0 Å². The van der Waals surface area contributed by atoms with Crippen molar-refractivity contribution in [3.05, 3.63) is 66.4 Å². The van der Waals surface area contributed by atoms with Crippen LogP contribution >= 0.6 is 0 Å². The van der Waals surface area contributed by atoms with Crippen LogP contribution in [0.1, 0.15) is 18.2 Å². The molecule has 3 heterocycles. The first-order valence-electron chi connectivity index (χ1n) is 7.33. The lowest BCUT2D eigenvalue weighted by Gasteiger charge is -2.12. The second-order valence-corrected chi connectivity index (χ2v) is 5.42. The van der Waals surface area contributed by atoms with Crippen molar-refractivity contribution in [1.29, 1.82) is 0 Å². The van der Waals surface area contributed by atoms with Crippen LogP contribution in [-0.4, -0.2) is 15.0 Å². The fourth-order valence-corrected chi connectivity index (χ4v) is 2.24. The van der Waals surface area contributed by atoms with Crippen LogP contribution in [0, 0.1) is 6.92 Å². The van der Waals surface area contributed by atoms with Crippen molar-refractivity contribution in [2.45, 2.75) is 19.8 Å². The molecular formula is C18H15F2N3O. The van der Waals surface area contributed by atoms with E-state index < -0.39 is 5.92 Å². The molecular weight excluding hydrogens is 312 g/mol. The number of ether oxygens (including phenoxy) is 1. The highest BCUT2D eigenvalue weighted by molar-refractivity contribution is 5.70. The summed E-state index contributed by atoms with van der Waals surface area (Å²) in [4.78, 5) is 12.1. The highest BCUT2D eigenvalue weighted by atomic mass is 19.3. The molecule has 3 aromatic heterocycles. The van der Waals surface area contributed by atoms with Gasteiger partial charge in [0.25, 0.3) is 5.92 Å². The summed E-state index contributed by atoms with van der Waals surface area (Å²) in [5.41, 5.74) is 2.39. The Morgan fingerprint density at radius 2 is 1.79 bits per heavy atom. The van der Waals surface area contributed by atoms with Crippen LogP contribution in [0.3, 0.4) is 0 Å². The Morgan fingerprint density at radius 3 is 2.46 bits per heavy atom. The van der Waals surface area contributed by atoms with Crippen molar-refractivity contribution < 1.29 is 13.5 Å². The van der Waals surface area contributed by atoms with Gasteiger partial charge in [-0.25, -0.2) is 4.98 Å². The molecule has 0 fully saturated rings. The lowest BCUT2D eigenvalue weighted by Crippen LogP contribution is -2.09. The molecule has 122 valence electrons. The summed E-state index contributed by atoms with van der Waals surface area (Å²) in [5, 5.41) is 0. The number of alkyl halides is 2. The SMILES string of the molecule is Cc1ccncc1-c1cccnc1Oc1ccc(C(C)(F)F)nc1. The molecule has 3 rings (SSSR count). The van der Waals surface area contributed by atoms with Gasteiger partial charge in [0.1, 0.15) is 11.4 Å². The Hall–Kier alpha value is -2.89. The number of halogens is 2. The predicted octanol–water partition coefficient (Wildman–Crippen LogP) is 4.75. The third kappa shape index (κ3) is 3.37. The maximum atomic E-state index is 13.2. The molecule has 0 radical (unpaired) electrons. The van der Waals surface area contributed by atoms with Gasteiger partial charge in [0, 0.05) is 36.6 Å². The highest BCUT2D eigenvalue weighted by Gasteiger charge is 2.25. The quantitative estimate of drug-likeness (QED) is 0.694. The molecule has 6 heteroatoms. The van der Waals surface area contributed by atoms with Crippen molar-refractivity contribution in [2.75, 3.05) is 0 Å². The summed E-state index contributed by atoms with van der Waals surface area (Å²) in [6.45, 7) is 2.77. The molecule has 3 aromatic rings. The molecule has 0 saturated heterocycles. The van der Waals surface area contributed by atoms with Crippen LogP contribution in [0.5, 0.6) is 11.6 Å². The van der Waals surface area contributed by atoms with E-state index in [9.17, 15) is 8.78 Å². The predicted molar refractivity (Wildman–Crippen MR) is 86.1 cm³/mol. The van der Waals surface area contributed by atoms with E-state index in [2.05, 4.69) is 15.0 Å². The van der Waals surface area contributed by atoms with E-state index in [0.29, 0.717) is 11.6 Å². The molecule has 24 heavy (non-hydrogen) atoms. The normalized spacial score (nSPS) is 11.3. The molecule has 0 unspecified atom stereocenters. The minimum absolute atomic E-state index is 0.306. The first-order valence-corrected chi connectivity index (χ1v) is 7.33. The molecule has 0 aliphatic rings. The van der Waals surface area contributed by atoms with Crippen LogP contribution < -0.4 is 4.74 Å². The van der Waals surface area contributed by atoms with Gasteiger partial charge in [0.05, 0.1) is 6.20 Å². The van der Waals surface area contributed by atoms with E-state index >= 15 is 0 Å². The lowest BCUT2D eigenvalue weighted by molar-refractivity contribution is 0.0127. The number of aryl methyl sites for hydroxylation is 1. The van der Waals surface area contributed by atoms with Gasteiger partial charge in [-0.05, 0) is 42.8 Å². The topological polar surface area (TPSA) is 47.9 Å². The van der Waals surface area contributed by atoms with Crippen LogP contribution in [0.4, 0.5) is 8.78 Å². The maximum absolute atomic E-state index is 13.2. The molecule has 0 N–H and O–H groups in total. The van der Waals surface area contributed by atoms with E-state index in [-0.39, 0.29) is 5.69 Å². The van der Waals surface area contributed by atoms with Crippen molar-refractivity contribution in [3.63, 3.8) is 0 Å². The number of nitrogens with zero attached hydrogens (tertiary/aromatic N) is 3. The van der Waals surface area contributed by atoms with Crippen molar-refractivity contribution in [2.24, 2.45) is 0 Å². The standard InChI is InChI=1S/C18H15F2N3O/c1-12-7-9-21-11-15(12)14-4-3-8-22-17(14)24-13-5-6-16(23-10-13)18(2,19)20/h3-11H,1-2H3. The second-order valence-electron chi connectivity index (χ2n) is 5.42. The van der Waals surface area contributed by atoms with E-state index in [1.54, 1.807) is 24.7 Å². The Bertz CT molecular complexity index is 845. The zero-order chi connectivity index (χ0) is 17.2. The summed E-state index contributed by atoms with van der Waals surface area (Å²) in [5.74, 6) is -2.28. The Labute approximate surface area is 138 Å². The largest absolute Gasteiger partial charge is 0.437 e. The number of rotatable bonds is 4. The summed E-state index contributed by atoms with van der Waals surface area (Å²) in [7, 11) is 0. The number of hydrogen-bond donors (Lipinski definition) is 0. The zero-order valence-electron chi connectivity index (χ0n) is 13.2. The average Bonchev–Trinajstić information content (AvgIpc) is 2.56. The molecule has 0 aromatic carbocycles. The summed E-state index contributed by atoms with van der Waals surface area (Å²) in [6, 6.07) is 8.26. The first-order chi connectivity index (χ1) is 11.4. The van der Waals surface area contributed by atoms with Gasteiger partial charge >= 0.3 is 0 Å². The van der Waals surface area contributed by atoms with Gasteiger partial charge < -0.3 is 4.74 Å². The van der Waals surface area contributed by atoms with Gasteiger partial charge in [0.2, 0.25) is 5.88 Å². The molecule has 0 aliphatic heterocycles. The molecule has 0 atom stereocenters. The van der Waals surface area contributed by atoms with Gasteiger partial charge in [-0.3, -0.25) is 9.97 Å². The Kier molecular flexibility index (Phi) is 4.20. The van der Waals surface area contributed by atoms with Crippen molar-refractivity contribution in [1.82, 2.24) is 15.0 Å². The smallest absolute Gasteiger partial charge is 0.286 e. The average molecular weight is 327 g/mol. The monoisotopic (exact) mass is 327 g/mol. The van der Waals surface area contributed by atoms with Crippen LogP contribution in [0.25, 0.3) is 11.1 Å². The number of hydrogen-bond acceptors (Lipinski definition) is 4. The van der Waals surface area contributed by atoms with E-state index in [4.69, 9.17) is 4.74 Å². The summed E-state index contributed by atoms with van der Waals surface area (Å²) >= 11 is 0. The third-order valence-electron chi connectivity index (χ3n) is 3.50. The summed E-state index contributed by atoms with van der Waals surface area (Å²) in [6.07, 6.45) is 6.31. The van der Waals surface area contributed by atoms with Crippen LogP contribution in [-0.2, 0) is 5.92 Å². The number of aromatic nitrogens is 3. The number of pyridine rings is 3. The second kappa shape index (κ2) is 6.31. The van der Waals surface area contributed by atoms with E-state index in [0.717, 1.165) is 23.6 Å². The highest BCUT2D eigenvalue weighted by Crippen LogP contribution is 2.33. The van der Waals surface area contributed by atoms with Crippen LogP contribution in [0.15, 0.2) is 55.1 Å². The van der Waals surface area contributed by atoms with Gasteiger partial charge in [-0.1, -0.05) is 0 Å². The van der Waals surface area contributed by atoms with E-state index in [1.807, 2.05) is 19.1 Å². The van der Waals surface area contributed by atoms with Gasteiger partial charge in [-0.15, -0.1) is 0 Å². The molecule has 0 amide bonds. The zero-order valence-corrected chi connectivity index (χ0v) is 13.2. The first kappa shape index (κ1) is 16.0. The molecule has 0 saturated carbocycles. The van der Waals surface area contributed by atoms with Gasteiger partial charge in [-0.2, -0.15) is 8.78 Å². The van der Waals surface area contributed by atoms with E-state index in [1.165, 1.54) is 18.3 Å². The Balaban J connectivity index is 1.93. The van der Waals surface area contributed by atoms with Crippen LogP contribution in [0.2, 0.25) is 0 Å². The third-order valence-corrected chi connectivity index (χ3v) is 3.50. The molecule has 4 nitrogen and oxygen atoms in total. The Morgan fingerprint density at radius 1 is 0.958 bits per heavy atom. The fourth-order valence-electron chi connectivity index (χ4n) is 2.24. The minimum Gasteiger partial charge on any atom is -0.437 e. The lowest BCUT2D eigenvalue weighted by atomic mass is 10.0. The maximum Gasteiger partial charge on any atom is 0.286 e. The minimum atomic E-state index is -2.98. The fraction of sp³-hybridized carbons (Fsp3) is 0.167. The molecule has 0 spiro atoms.